The Hall–Kier alpha value is -3.00. The maximum atomic E-state index is 4.74. The Labute approximate surface area is 160 Å². The summed E-state index contributed by atoms with van der Waals surface area (Å²) in [5.41, 5.74) is 9.17. The average molecular weight is 350 g/mol. The van der Waals surface area contributed by atoms with Crippen molar-refractivity contribution in [3.05, 3.63) is 96.1 Å². The van der Waals surface area contributed by atoms with E-state index in [-0.39, 0.29) is 11.6 Å². The van der Waals surface area contributed by atoms with E-state index in [4.69, 9.17) is 6.58 Å². The summed E-state index contributed by atoms with van der Waals surface area (Å²) >= 11 is 0. The highest BCUT2D eigenvalue weighted by Crippen LogP contribution is 2.59. The van der Waals surface area contributed by atoms with Crippen LogP contribution in [0.3, 0.4) is 0 Å². The molecule has 2 heteroatoms. The number of nitrogens with zero attached hydrogens (tertiary/aromatic N) is 2. The highest BCUT2D eigenvalue weighted by Gasteiger charge is 2.52. The van der Waals surface area contributed by atoms with Crippen molar-refractivity contribution in [1.82, 2.24) is 0 Å². The maximum Gasteiger partial charge on any atom is 0.134 e. The van der Waals surface area contributed by atoms with E-state index in [1.807, 2.05) is 0 Å². The molecule has 4 bridgehead atoms. The lowest BCUT2D eigenvalue weighted by Crippen LogP contribution is -2.51. The Kier molecular flexibility index (Phi) is 2.82. The summed E-state index contributed by atoms with van der Waals surface area (Å²) in [6.45, 7) is 7.05. The molecular formula is C25H22N2. The van der Waals surface area contributed by atoms with Gasteiger partial charge >= 0.3 is 0 Å². The summed E-state index contributed by atoms with van der Waals surface area (Å²) in [5, 5.41) is 0. The zero-order valence-corrected chi connectivity index (χ0v) is 15.5. The SMILES string of the molecule is C=C1C2N3c4ccc(cc4)CC1(CC)c1ccccc1N2c1ccccc13. The van der Waals surface area contributed by atoms with Crippen LogP contribution in [0.25, 0.3) is 0 Å². The minimum Gasteiger partial charge on any atom is -0.314 e. The number of rotatable bonds is 1. The second-order valence-electron chi connectivity index (χ2n) is 7.92. The van der Waals surface area contributed by atoms with Crippen LogP contribution >= 0.6 is 0 Å². The van der Waals surface area contributed by atoms with Crippen molar-refractivity contribution >= 4 is 22.7 Å². The minimum atomic E-state index is -0.0398. The van der Waals surface area contributed by atoms with Gasteiger partial charge in [-0.25, -0.2) is 0 Å². The molecule has 2 unspecified atom stereocenters. The third-order valence-electron chi connectivity index (χ3n) is 6.82. The highest BCUT2D eigenvalue weighted by atomic mass is 15.4. The molecular weight excluding hydrogens is 328 g/mol. The zero-order chi connectivity index (χ0) is 18.2. The Bertz CT molecular complexity index is 1080. The lowest BCUT2D eigenvalue weighted by Gasteiger charge is -2.49. The summed E-state index contributed by atoms with van der Waals surface area (Å²) in [6, 6.07) is 26.9. The molecule has 0 saturated heterocycles. The number of para-hydroxylation sites is 3. The molecule has 0 spiro atoms. The smallest absolute Gasteiger partial charge is 0.134 e. The Balaban J connectivity index is 1.78. The van der Waals surface area contributed by atoms with E-state index in [2.05, 4.69) is 89.5 Å². The molecule has 0 radical (unpaired) electrons. The van der Waals surface area contributed by atoms with Crippen LogP contribution in [-0.4, -0.2) is 6.17 Å². The van der Waals surface area contributed by atoms with Gasteiger partial charge in [0.15, 0.2) is 0 Å². The van der Waals surface area contributed by atoms with Crippen LogP contribution in [0, 0.1) is 0 Å². The maximum absolute atomic E-state index is 4.74. The van der Waals surface area contributed by atoms with Gasteiger partial charge in [-0.2, -0.15) is 0 Å². The van der Waals surface area contributed by atoms with E-state index < -0.39 is 0 Å². The first-order chi connectivity index (χ1) is 13.2. The molecule has 3 aromatic rings. The van der Waals surface area contributed by atoms with Gasteiger partial charge < -0.3 is 9.80 Å². The average Bonchev–Trinajstić information content (AvgIpc) is 3.08. The van der Waals surface area contributed by atoms with Crippen LogP contribution in [0.15, 0.2) is 84.9 Å². The van der Waals surface area contributed by atoms with Gasteiger partial charge in [0.1, 0.15) is 6.17 Å². The van der Waals surface area contributed by atoms with Crippen molar-refractivity contribution < 1.29 is 0 Å². The van der Waals surface area contributed by atoms with Crippen LogP contribution in [-0.2, 0) is 11.8 Å². The summed E-state index contributed by atoms with van der Waals surface area (Å²) in [6.07, 6.45) is 2.19. The lowest BCUT2D eigenvalue weighted by atomic mass is 9.65. The fraction of sp³-hybridized carbons (Fsp3) is 0.200. The number of fused-ring (bicyclic) bond motifs is 6. The molecule has 7 rings (SSSR count). The Morgan fingerprint density at radius 3 is 2.19 bits per heavy atom. The molecule has 132 valence electrons. The second kappa shape index (κ2) is 5.04. The quantitative estimate of drug-likeness (QED) is 0.491. The summed E-state index contributed by atoms with van der Waals surface area (Å²) in [7, 11) is 0. The predicted octanol–water partition coefficient (Wildman–Crippen LogP) is 6.08. The van der Waals surface area contributed by atoms with E-state index in [9.17, 15) is 0 Å². The van der Waals surface area contributed by atoms with Crippen molar-refractivity contribution in [2.45, 2.75) is 31.3 Å². The first-order valence-electron chi connectivity index (χ1n) is 9.80. The van der Waals surface area contributed by atoms with Crippen LogP contribution < -0.4 is 9.80 Å². The van der Waals surface area contributed by atoms with Gasteiger partial charge in [0.05, 0.1) is 11.4 Å². The fourth-order valence-corrected chi connectivity index (χ4v) is 5.49. The molecule has 0 fully saturated rings. The monoisotopic (exact) mass is 350 g/mol. The van der Waals surface area contributed by atoms with Crippen molar-refractivity contribution in [2.75, 3.05) is 9.80 Å². The fourth-order valence-electron chi connectivity index (χ4n) is 5.49. The standard InChI is InChI=1S/C25H22N2/c1-3-25-16-18-12-14-19(15-13-18)26-22-10-6-7-11-23(22)27(24(26)17(25)2)21-9-5-4-8-20(21)25/h4-15,24H,2-3,16H2,1H3. The molecule has 0 aliphatic carbocycles. The Morgan fingerprint density at radius 1 is 0.852 bits per heavy atom. The van der Waals surface area contributed by atoms with E-state index in [1.165, 1.54) is 39.4 Å². The van der Waals surface area contributed by atoms with Crippen molar-refractivity contribution in [3.8, 4) is 0 Å². The van der Waals surface area contributed by atoms with Gasteiger partial charge in [0, 0.05) is 16.8 Å². The topological polar surface area (TPSA) is 6.48 Å². The third-order valence-corrected chi connectivity index (χ3v) is 6.82. The molecule has 27 heavy (non-hydrogen) atoms. The van der Waals surface area contributed by atoms with E-state index in [0.717, 1.165) is 12.8 Å². The van der Waals surface area contributed by atoms with Crippen molar-refractivity contribution in [1.29, 1.82) is 0 Å². The van der Waals surface area contributed by atoms with Crippen molar-refractivity contribution in [2.24, 2.45) is 0 Å². The van der Waals surface area contributed by atoms with Gasteiger partial charge in [-0.3, -0.25) is 0 Å². The van der Waals surface area contributed by atoms with Gasteiger partial charge in [0.2, 0.25) is 0 Å². The predicted molar refractivity (Wildman–Crippen MR) is 112 cm³/mol. The van der Waals surface area contributed by atoms with E-state index in [1.54, 1.807) is 0 Å². The van der Waals surface area contributed by atoms with Gasteiger partial charge in [-0.15, -0.1) is 0 Å². The molecule has 0 aromatic heterocycles. The summed E-state index contributed by atoms with van der Waals surface area (Å²) < 4.78 is 0. The highest BCUT2D eigenvalue weighted by molar-refractivity contribution is 5.92. The number of anilines is 4. The lowest BCUT2D eigenvalue weighted by molar-refractivity contribution is 0.438. The van der Waals surface area contributed by atoms with Gasteiger partial charge in [0.25, 0.3) is 0 Å². The largest absolute Gasteiger partial charge is 0.314 e. The molecule has 4 heterocycles. The molecule has 2 atom stereocenters. The van der Waals surface area contributed by atoms with Crippen LogP contribution in [0.5, 0.6) is 0 Å². The van der Waals surface area contributed by atoms with Gasteiger partial charge in [-0.05, 0) is 59.9 Å². The normalized spacial score (nSPS) is 24.2. The molecule has 0 amide bonds. The van der Waals surface area contributed by atoms with Crippen LogP contribution in [0.2, 0.25) is 0 Å². The molecule has 4 aliphatic rings. The second-order valence-corrected chi connectivity index (χ2v) is 7.92. The van der Waals surface area contributed by atoms with E-state index >= 15 is 0 Å². The molecule has 3 aromatic carbocycles. The first kappa shape index (κ1) is 15.1. The summed E-state index contributed by atoms with van der Waals surface area (Å²) in [4.78, 5) is 4.98. The van der Waals surface area contributed by atoms with Crippen LogP contribution in [0.4, 0.5) is 22.7 Å². The minimum absolute atomic E-state index is 0.0398. The molecule has 2 nitrogen and oxygen atoms in total. The van der Waals surface area contributed by atoms with Crippen LogP contribution in [0.1, 0.15) is 24.5 Å². The first-order valence-corrected chi connectivity index (χ1v) is 9.80. The molecule has 4 aliphatic heterocycles. The third kappa shape index (κ3) is 1.71. The molecule has 0 saturated carbocycles. The van der Waals surface area contributed by atoms with E-state index in [0.29, 0.717) is 0 Å². The number of hydrogen-bond donors (Lipinski definition) is 0. The molecule has 0 N–H and O–H groups in total. The number of hydrogen-bond acceptors (Lipinski definition) is 2. The van der Waals surface area contributed by atoms with Crippen molar-refractivity contribution in [3.63, 3.8) is 0 Å². The zero-order valence-electron chi connectivity index (χ0n) is 15.5. The Morgan fingerprint density at radius 2 is 1.48 bits per heavy atom. The summed E-state index contributed by atoms with van der Waals surface area (Å²) in [5.74, 6) is 0. The number of benzene rings is 3. The van der Waals surface area contributed by atoms with Gasteiger partial charge in [-0.1, -0.05) is 56.0 Å².